The molecular formula is C32H29N3O2S. The Morgan fingerprint density at radius 3 is 2.55 bits per heavy atom. The van der Waals surface area contributed by atoms with Crippen LogP contribution in [0.3, 0.4) is 0 Å². The Hall–Kier alpha value is -4.03. The number of ketones is 1. The summed E-state index contributed by atoms with van der Waals surface area (Å²) in [5.41, 5.74) is 6.21. The molecule has 190 valence electrons. The van der Waals surface area contributed by atoms with Crippen LogP contribution in [0.1, 0.15) is 27.1 Å². The highest BCUT2D eigenvalue weighted by Crippen LogP contribution is 2.36. The summed E-state index contributed by atoms with van der Waals surface area (Å²) in [6, 6.07) is 24.8. The van der Waals surface area contributed by atoms with Crippen molar-refractivity contribution in [3.05, 3.63) is 126 Å². The molecule has 1 amide bonds. The van der Waals surface area contributed by atoms with Crippen molar-refractivity contribution in [2.45, 2.75) is 12.5 Å². The van der Waals surface area contributed by atoms with Gasteiger partial charge >= 0.3 is 0 Å². The first kappa shape index (κ1) is 24.3. The van der Waals surface area contributed by atoms with Crippen LogP contribution < -0.4 is 10.6 Å². The van der Waals surface area contributed by atoms with E-state index in [1.807, 2.05) is 96.8 Å². The van der Waals surface area contributed by atoms with Crippen molar-refractivity contribution in [2.24, 2.45) is 5.92 Å². The molecule has 0 saturated carbocycles. The maximum atomic E-state index is 13.8. The third-order valence-corrected chi connectivity index (χ3v) is 8.35. The molecule has 6 heteroatoms. The average molecular weight is 520 g/mol. The van der Waals surface area contributed by atoms with E-state index in [4.69, 9.17) is 0 Å². The van der Waals surface area contributed by atoms with Crippen LogP contribution in [0.5, 0.6) is 0 Å². The van der Waals surface area contributed by atoms with E-state index in [9.17, 15) is 9.59 Å². The van der Waals surface area contributed by atoms with Gasteiger partial charge in [0.2, 0.25) is 0 Å². The summed E-state index contributed by atoms with van der Waals surface area (Å²) >= 11 is 1.93. The van der Waals surface area contributed by atoms with Crippen LogP contribution >= 0.6 is 11.8 Å². The molecule has 1 saturated heterocycles. The molecule has 6 rings (SSSR count). The molecule has 38 heavy (non-hydrogen) atoms. The van der Waals surface area contributed by atoms with Crippen molar-refractivity contribution >= 4 is 29.1 Å². The third kappa shape index (κ3) is 4.79. The number of amides is 1. The number of nitrogens with zero attached hydrogens (tertiary/aromatic N) is 1. The SMILES string of the molecule is O=C(Nc1ccc(C(=O)C2CC=CC3=CNC=C4CSCCN4C32)cc1)c1ccccc1-c1ccccc1. The van der Waals surface area contributed by atoms with Crippen LogP contribution in [0.25, 0.3) is 11.1 Å². The number of benzene rings is 3. The summed E-state index contributed by atoms with van der Waals surface area (Å²) in [6.07, 6.45) is 9.07. The lowest BCUT2D eigenvalue weighted by Crippen LogP contribution is -2.47. The fraction of sp³-hybridized carbons (Fsp3) is 0.188. The zero-order valence-corrected chi connectivity index (χ0v) is 21.8. The minimum Gasteiger partial charge on any atom is -0.366 e. The van der Waals surface area contributed by atoms with Crippen molar-refractivity contribution in [1.82, 2.24) is 10.2 Å². The Morgan fingerprint density at radius 1 is 0.921 bits per heavy atom. The van der Waals surface area contributed by atoms with Crippen LogP contribution in [0.15, 0.2) is 115 Å². The fourth-order valence-corrected chi connectivity index (χ4v) is 6.44. The molecule has 3 aromatic rings. The molecule has 2 unspecified atom stereocenters. The van der Waals surface area contributed by atoms with E-state index >= 15 is 0 Å². The standard InChI is InChI=1S/C32H29N3O2S/c36-31(29-12-6-9-24-19-33-20-26-21-38-18-17-35(26)30(24)29)23-13-15-25(16-14-23)34-32(37)28-11-5-4-10-27(28)22-7-2-1-3-8-22/h1-11,13-16,19-20,29-30,33H,12,17-18,21H2,(H,34,37). The quantitative estimate of drug-likeness (QED) is 0.398. The number of Topliss-reactive ketones (excluding diaryl/α,β-unsaturated/α-hetero) is 1. The van der Waals surface area contributed by atoms with E-state index in [0.29, 0.717) is 23.2 Å². The molecule has 0 spiro atoms. The number of rotatable bonds is 5. The largest absolute Gasteiger partial charge is 0.366 e. The van der Waals surface area contributed by atoms with Gasteiger partial charge in [-0.15, -0.1) is 0 Å². The Kier molecular flexibility index (Phi) is 6.88. The Balaban J connectivity index is 1.20. The Labute approximate surface area is 227 Å². The first-order chi connectivity index (χ1) is 18.7. The average Bonchev–Trinajstić information content (AvgIpc) is 3.17. The summed E-state index contributed by atoms with van der Waals surface area (Å²) in [4.78, 5) is 29.4. The molecule has 3 aliphatic rings. The molecule has 2 N–H and O–H groups in total. The van der Waals surface area contributed by atoms with Crippen molar-refractivity contribution in [1.29, 1.82) is 0 Å². The fourth-order valence-electron chi connectivity index (χ4n) is 5.52. The number of fused-ring (bicyclic) bond motifs is 3. The minimum absolute atomic E-state index is 0.0310. The lowest BCUT2D eigenvalue weighted by atomic mass is 9.79. The van der Waals surface area contributed by atoms with Gasteiger partial charge in [0.1, 0.15) is 0 Å². The first-order valence-electron chi connectivity index (χ1n) is 13.0. The maximum absolute atomic E-state index is 13.8. The summed E-state index contributed by atoms with van der Waals surface area (Å²) in [5, 5.41) is 6.32. The van der Waals surface area contributed by atoms with Gasteiger partial charge in [-0.05, 0) is 53.5 Å². The second-order valence-corrected chi connectivity index (χ2v) is 10.8. The van der Waals surface area contributed by atoms with Crippen LogP contribution in [-0.4, -0.2) is 40.7 Å². The minimum atomic E-state index is -0.177. The molecule has 2 aliphatic heterocycles. The molecule has 5 nitrogen and oxygen atoms in total. The predicted molar refractivity (Wildman–Crippen MR) is 155 cm³/mol. The van der Waals surface area contributed by atoms with E-state index < -0.39 is 0 Å². The van der Waals surface area contributed by atoms with Crippen LogP contribution in [0.4, 0.5) is 5.69 Å². The number of anilines is 1. The maximum Gasteiger partial charge on any atom is 0.256 e. The Bertz CT molecular complexity index is 1440. The van der Waals surface area contributed by atoms with Gasteiger partial charge in [0, 0.05) is 53.0 Å². The monoisotopic (exact) mass is 519 g/mol. The van der Waals surface area contributed by atoms with Crippen molar-refractivity contribution in [3.8, 4) is 11.1 Å². The summed E-state index contributed by atoms with van der Waals surface area (Å²) < 4.78 is 0. The van der Waals surface area contributed by atoms with Crippen LogP contribution in [0, 0.1) is 5.92 Å². The van der Waals surface area contributed by atoms with Gasteiger partial charge in [-0.1, -0.05) is 60.7 Å². The third-order valence-electron chi connectivity index (χ3n) is 7.37. The molecule has 3 aromatic carbocycles. The van der Waals surface area contributed by atoms with Crippen molar-refractivity contribution < 1.29 is 9.59 Å². The molecule has 2 atom stereocenters. The van der Waals surface area contributed by atoms with E-state index in [-0.39, 0.29) is 23.7 Å². The van der Waals surface area contributed by atoms with Crippen LogP contribution in [-0.2, 0) is 0 Å². The molecule has 1 aliphatic carbocycles. The molecule has 0 radical (unpaired) electrons. The second-order valence-electron chi connectivity index (χ2n) is 9.69. The highest BCUT2D eigenvalue weighted by atomic mass is 32.2. The lowest BCUT2D eigenvalue weighted by molar-refractivity contribution is 0.0850. The molecular weight excluding hydrogens is 490 g/mol. The molecule has 0 bridgehead atoms. The van der Waals surface area contributed by atoms with Gasteiger partial charge in [0.05, 0.1) is 12.0 Å². The second kappa shape index (κ2) is 10.8. The summed E-state index contributed by atoms with van der Waals surface area (Å²) in [5.74, 6) is 1.82. The highest BCUT2D eigenvalue weighted by molar-refractivity contribution is 7.99. The predicted octanol–water partition coefficient (Wildman–Crippen LogP) is 6.11. The number of thioether (sulfide) groups is 1. The topological polar surface area (TPSA) is 61.4 Å². The lowest BCUT2D eigenvalue weighted by Gasteiger charge is -2.42. The summed E-state index contributed by atoms with van der Waals surface area (Å²) in [6.45, 7) is 0.938. The zero-order valence-electron chi connectivity index (χ0n) is 21.0. The van der Waals surface area contributed by atoms with Gasteiger partial charge in [-0.25, -0.2) is 0 Å². The van der Waals surface area contributed by atoms with E-state index in [1.54, 1.807) is 0 Å². The van der Waals surface area contributed by atoms with Crippen molar-refractivity contribution in [2.75, 3.05) is 23.4 Å². The van der Waals surface area contributed by atoms with E-state index in [0.717, 1.165) is 34.8 Å². The van der Waals surface area contributed by atoms with Gasteiger partial charge in [0.15, 0.2) is 5.78 Å². The summed E-state index contributed by atoms with van der Waals surface area (Å²) in [7, 11) is 0. The first-order valence-corrected chi connectivity index (χ1v) is 14.1. The van der Waals surface area contributed by atoms with E-state index in [2.05, 4.69) is 33.9 Å². The van der Waals surface area contributed by atoms with Crippen molar-refractivity contribution in [3.63, 3.8) is 0 Å². The van der Waals surface area contributed by atoms with Gasteiger partial charge < -0.3 is 15.5 Å². The number of hydrogen-bond donors (Lipinski definition) is 2. The van der Waals surface area contributed by atoms with Crippen LogP contribution in [0.2, 0.25) is 0 Å². The van der Waals surface area contributed by atoms with Gasteiger partial charge in [-0.2, -0.15) is 11.8 Å². The molecule has 2 heterocycles. The number of allylic oxidation sites excluding steroid dienone is 1. The number of hydrogen-bond acceptors (Lipinski definition) is 5. The van der Waals surface area contributed by atoms with Gasteiger partial charge in [0.25, 0.3) is 5.91 Å². The highest BCUT2D eigenvalue weighted by Gasteiger charge is 2.38. The van der Waals surface area contributed by atoms with Gasteiger partial charge in [-0.3, -0.25) is 9.59 Å². The normalized spacial score (nSPS) is 20.2. The van der Waals surface area contributed by atoms with E-state index in [1.165, 1.54) is 5.70 Å². The molecule has 0 aromatic heterocycles. The smallest absolute Gasteiger partial charge is 0.256 e. The number of nitrogens with one attached hydrogen (secondary N) is 2. The molecule has 1 fully saturated rings. The number of carbonyl (C=O) groups excluding carboxylic acids is 2. The number of carbonyl (C=O) groups is 2. The zero-order chi connectivity index (χ0) is 25.9. The Morgan fingerprint density at radius 2 is 1.71 bits per heavy atom.